The summed E-state index contributed by atoms with van der Waals surface area (Å²) in [5.74, 6) is -0.902. The summed E-state index contributed by atoms with van der Waals surface area (Å²) in [5, 5.41) is 3.66. The number of fused-ring (bicyclic) bond motifs is 2. The quantitative estimate of drug-likeness (QED) is 0.0881. The molecule has 0 aromatic heterocycles. The summed E-state index contributed by atoms with van der Waals surface area (Å²) in [6.07, 6.45) is 4.33. The molecule has 0 fully saturated rings. The predicted molar refractivity (Wildman–Crippen MR) is 217 cm³/mol. The molecule has 1 aliphatic heterocycles. The van der Waals surface area contributed by atoms with Crippen molar-refractivity contribution in [3.63, 3.8) is 0 Å². The number of nitrogens with one attached hydrogen (secondary N) is 1. The molecule has 7 rings (SSSR count). The van der Waals surface area contributed by atoms with Gasteiger partial charge in [-0.15, -0.1) is 0 Å². The van der Waals surface area contributed by atoms with E-state index in [0.29, 0.717) is 10.8 Å². The minimum atomic E-state index is -4.83. The van der Waals surface area contributed by atoms with Crippen LogP contribution in [0, 0.1) is 0 Å². The maximum absolute atomic E-state index is 14.2. The van der Waals surface area contributed by atoms with Gasteiger partial charge < -0.3 is 14.8 Å². The Bertz CT molecular complexity index is 3260. The van der Waals surface area contributed by atoms with E-state index in [1.807, 2.05) is 0 Å². The van der Waals surface area contributed by atoms with Gasteiger partial charge in [0.1, 0.15) is 34.5 Å². The van der Waals surface area contributed by atoms with Crippen LogP contribution in [0.5, 0.6) is 11.5 Å². The molecule has 17 nitrogen and oxygen atoms in total. The molecule has 0 saturated carbocycles. The Morgan fingerprint density at radius 2 is 1.07 bits per heavy atom. The van der Waals surface area contributed by atoms with E-state index >= 15 is 0 Å². The molecule has 1 unspecified atom stereocenters. The van der Waals surface area contributed by atoms with Crippen molar-refractivity contribution in [1.29, 1.82) is 0 Å². The van der Waals surface area contributed by atoms with E-state index < -0.39 is 84.7 Å². The fraction of sp³-hybridized carbons (Fsp3) is 0.0769. The highest BCUT2D eigenvalue weighted by molar-refractivity contribution is 7.86. The predicted octanol–water partition coefficient (Wildman–Crippen LogP) is 5.61. The average Bonchev–Trinajstić information content (AvgIpc) is 3.69. The molecule has 1 amide bonds. The van der Waals surface area contributed by atoms with Gasteiger partial charge in [0.05, 0.1) is 9.79 Å². The monoisotopic (exact) mass is 894 g/mol. The Balaban J connectivity index is 1.23. The highest BCUT2D eigenvalue weighted by atomic mass is 32.2. The van der Waals surface area contributed by atoms with Crippen LogP contribution in [0.2, 0.25) is 0 Å². The first-order valence-corrected chi connectivity index (χ1v) is 22.9. The van der Waals surface area contributed by atoms with Gasteiger partial charge in [0.2, 0.25) is 0 Å². The van der Waals surface area contributed by atoms with Gasteiger partial charge in [-0.3, -0.25) is 28.0 Å². The summed E-state index contributed by atoms with van der Waals surface area (Å²) >= 11 is 0. The van der Waals surface area contributed by atoms with E-state index in [1.54, 1.807) is 0 Å². The number of rotatable bonds is 13. The number of ether oxygens (including phenoxy) is 2. The number of nitrogens with zero attached hydrogens (tertiary/aromatic N) is 1. The second-order valence-electron chi connectivity index (χ2n) is 13.3. The number of aliphatic imine (C=N–C) groups is 1. The lowest BCUT2D eigenvalue weighted by atomic mass is 9.88. The van der Waals surface area contributed by atoms with Crippen molar-refractivity contribution >= 4 is 79.8 Å². The van der Waals surface area contributed by atoms with Crippen LogP contribution in [-0.2, 0) is 64.0 Å². The minimum absolute atomic E-state index is 0.0520. The Hall–Kier alpha value is -6.04. The fourth-order valence-electron chi connectivity index (χ4n) is 6.58. The van der Waals surface area contributed by atoms with Gasteiger partial charge in [0.25, 0.3) is 46.4 Å². The first-order valence-electron chi connectivity index (χ1n) is 17.2. The molecule has 1 aliphatic rings. The lowest BCUT2D eigenvalue weighted by molar-refractivity contribution is -0.119. The number of hydrogen-bond donors (Lipinski definition) is 5. The van der Waals surface area contributed by atoms with Gasteiger partial charge in [-0.2, -0.15) is 33.7 Å². The van der Waals surface area contributed by atoms with Crippen LogP contribution in [0.25, 0.3) is 21.5 Å². The maximum Gasteiger partial charge on any atom is 0.294 e. The molecular formula is C39H30N2O15S4. The van der Waals surface area contributed by atoms with Crippen LogP contribution in [0.3, 0.4) is 0 Å². The normalized spacial score (nSPS) is 15.7. The Labute approximate surface area is 342 Å². The summed E-state index contributed by atoms with van der Waals surface area (Å²) < 4.78 is 148. The molecule has 0 aliphatic carbocycles. The molecule has 0 spiro atoms. The third-order valence-electron chi connectivity index (χ3n) is 9.39. The number of allylic oxidation sites excluding steroid dienone is 1. The zero-order chi connectivity index (χ0) is 43.3. The first kappa shape index (κ1) is 42.1. The van der Waals surface area contributed by atoms with E-state index in [4.69, 9.17) is 9.47 Å². The summed E-state index contributed by atoms with van der Waals surface area (Å²) in [7, 11) is -18.9. The SMILES string of the molecule is O=C(Nc1ccc2c(OCc3ccccc3S(=O)(=O)O)cc(S(=O)(=O)O)cc2c1)C1(c2ccc3c(OCc4ccccc4S(=O)(=O)O)cc(S(=O)(=O)O)cc3c2)C=CC=N1. The zero-order valence-electron chi connectivity index (χ0n) is 30.4. The average molecular weight is 895 g/mol. The highest BCUT2D eigenvalue weighted by Crippen LogP contribution is 2.39. The molecule has 6 aromatic carbocycles. The third-order valence-corrected chi connectivity index (χ3v) is 13.0. The lowest BCUT2D eigenvalue weighted by Crippen LogP contribution is -2.36. The van der Waals surface area contributed by atoms with Crippen molar-refractivity contribution < 1.29 is 66.2 Å². The van der Waals surface area contributed by atoms with Crippen molar-refractivity contribution in [3.05, 3.63) is 138 Å². The molecule has 60 heavy (non-hydrogen) atoms. The third kappa shape index (κ3) is 8.64. The minimum Gasteiger partial charge on any atom is -0.488 e. The first-order chi connectivity index (χ1) is 28.1. The Kier molecular flexibility index (Phi) is 10.9. The van der Waals surface area contributed by atoms with E-state index in [-0.39, 0.29) is 44.6 Å². The summed E-state index contributed by atoms with van der Waals surface area (Å²) in [5.41, 5.74) is -1.29. The van der Waals surface area contributed by atoms with Crippen molar-refractivity contribution in [2.75, 3.05) is 5.32 Å². The van der Waals surface area contributed by atoms with E-state index in [1.165, 1.54) is 91.2 Å². The molecule has 0 radical (unpaired) electrons. The van der Waals surface area contributed by atoms with Crippen molar-refractivity contribution in [2.45, 2.75) is 38.3 Å². The van der Waals surface area contributed by atoms with Crippen molar-refractivity contribution in [1.82, 2.24) is 0 Å². The standard InChI is InChI=1S/C39H30N2O15S4/c42-38(41-29-11-13-33-27(17-29)19-31(58(46,47)48)21-35(33)56-23-25-7-2-4-9-37(25)60(52,53)54)39(14-5-15-40-39)28-10-12-32-26(16-28)18-30(57(43,44)45)20-34(32)55-22-24-6-1-3-8-36(24)59(49,50)51/h1-21H,22-23H2,(H,41,42)(H,43,44,45)(H,46,47,48)(H,49,50,51)(H,52,53,54). The Morgan fingerprint density at radius 1 is 0.583 bits per heavy atom. The maximum atomic E-state index is 14.2. The van der Waals surface area contributed by atoms with Gasteiger partial charge in [0, 0.05) is 45.9 Å². The topological polar surface area (TPSA) is 277 Å². The number of anilines is 1. The molecule has 5 N–H and O–H groups in total. The van der Waals surface area contributed by atoms with E-state index in [0.717, 1.165) is 36.4 Å². The van der Waals surface area contributed by atoms with Crippen LogP contribution in [0.1, 0.15) is 16.7 Å². The number of carbonyl (C=O) groups is 1. The summed E-state index contributed by atoms with van der Waals surface area (Å²) in [6, 6.07) is 24.0. The number of hydrogen-bond acceptors (Lipinski definition) is 12. The number of carbonyl (C=O) groups excluding carboxylic acids is 1. The second-order valence-corrected chi connectivity index (χ2v) is 18.9. The van der Waals surface area contributed by atoms with Crippen LogP contribution in [0.4, 0.5) is 5.69 Å². The molecule has 1 atom stereocenters. The summed E-state index contributed by atoms with van der Waals surface area (Å²) in [6.45, 7) is -0.868. The lowest BCUT2D eigenvalue weighted by Gasteiger charge is -2.25. The van der Waals surface area contributed by atoms with Crippen molar-refractivity contribution in [2.24, 2.45) is 4.99 Å². The van der Waals surface area contributed by atoms with Crippen LogP contribution < -0.4 is 14.8 Å². The van der Waals surface area contributed by atoms with Gasteiger partial charge in [-0.05, 0) is 77.0 Å². The van der Waals surface area contributed by atoms with Crippen LogP contribution >= 0.6 is 0 Å². The van der Waals surface area contributed by atoms with Crippen molar-refractivity contribution in [3.8, 4) is 11.5 Å². The molecule has 0 bridgehead atoms. The number of amides is 1. The highest BCUT2D eigenvalue weighted by Gasteiger charge is 2.39. The van der Waals surface area contributed by atoms with Crippen LogP contribution in [-0.4, -0.2) is 64.0 Å². The molecule has 1 heterocycles. The number of benzene rings is 6. The van der Waals surface area contributed by atoms with Gasteiger partial charge in [-0.1, -0.05) is 48.5 Å². The van der Waals surface area contributed by atoms with E-state index in [2.05, 4.69) is 10.3 Å². The van der Waals surface area contributed by atoms with Gasteiger partial charge in [-0.25, -0.2) is 0 Å². The van der Waals surface area contributed by atoms with E-state index in [9.17, 15) is 56.7 Å². The summed E-state index contributed by atoms with van der Waals surface area (Å²) in [4.78, 5) is 16.6. The molecular weight excluding hydrogens is 865 g/mol. The second kappa shape index (κ2) is 15.5. The molecule has 21 heteroatoms. The van der Waals surface area contributed by atoms with Crippen LogP contribution in [0.15, 0.2) is 146 Å². The fourth-order valence-corrected chi connectivity index (χ4v) is 9.06. The molecule has 0 saturated heterocycles. The molecule has 6 aromatic rings. The van der Waals surface area contributed by atoms with Gasteiger partial charge >= 0.3 is 0 Å². The smallest absolute Gasteiger partial charge is 0.294 e. The van der Waals surface area contributed by atoms with Gasteiger partial charge in [0.15, 0.2) is 5.54 Å². The Morgan fingerprint density at radius 3 is 1.53 bits per heavy atom. The largest absolute Gasteiger partial charge is 0.488 e. The molecule has 310 valence electrons. The zero-order valence-corrected chi connectivity index (χ0v) is 33.7.